The second-order valence-electron chi connectivity index (χ2n) is 6.55. The van der Waals surface area contributed by atoms with E-state index < -0.39 is 0 Å². The Bertz CT molecular complexity index is 1130. The minimum absolute atomic E-state index is 0.283. The molecular weight excluding hydrogens is 365 g/mol. The molecule has 0 saturated heterocycles. The molecule has 4 rings (SSSR count). The van der Waals surface area contributed by atoms with Crippen molar-refractivity contribution in [1.29, 1.82) is 0 Å². The van der Waals surface area contributed by atoms with Crippen molar-refractivity contribution in [1.82, 2.24) is 4.98 Å². The van der Waals surface area contributed by atoms with E-state index in [1.807, 2.05) is 36.4 Å². The molecule has 144 valence electrons. The zero-order valence-electron chi connectivity index (χ0n) is 16.2. The van der Waals surface area contributed by atoms with Crippen LogP contribution in [0.3, 0.4) is 0 Å². The molecule has 3 nitrogen and oxygen atoms in total. The van der Waals surface area contributed by atoms with Crippen LogP contribution in [0.5, 0.6) is 11.6 Å². The summed E-state index contributed by atoms with van der Waals surface area (Å²) in [6, 6.07) is 26.6. The topological polar surface area (TPSA) is 31.4 Å². The molecule has 0 aliphatic carbocycles. The number of hydrogen-bond acceptors (Lipinski definition) is 3. The largest absolute Gasteiger partial charge is 0.491 e. The predicted octanol–water partition coefficient (Wildman–Crippen LogP) is 6.24. The van der Waals surface area contributed by atoms with Gasteiger partial charge >= 0.3 is 0 Å². The summed E-state index contributed by atoms with van der Waals surface area (Å²) in [6.45, 7) is 0. The molecule has 1 heterocycles. The van der Waals surface area contributed by atoms with Crippen molar-refractivity contribution in [3.8, 4) is 45.1 Å². The predicted molar refractivity (Wildman–Crippen MR) is 114 cm³/mol. The van der Waals surface area contributed by atoms with Crippen LogP contribution in [0.1, 0.15) is 0 Å². The SMILES string of the molecule is COc1cc(-c2ccc(F)cc2)c(-c2cccc(-c3ccccc3)c2)nc1OC. The average molecular weight is 385 g/mol. The number of methoxy groups -OCH3 is 2. The number of benzene rings is 3. The van der Waals surface area contributed by atoms with Crippen molar-refractivity contribution in [3.63, 3.8) is 0 Å². The van der Waals surface area contributed by atoms with Crippen LogP contribution >= 0.6 is 0 Å². The van der Waals surface area contributed by atoms with Crippen molar-refractivity contribution in [2.45, 2.75) is 0 Å². The van der Waals surface area contributed by atoms with Crippen LogP contribution in [0, 0.1) is 5.82 Å². The monoisotopic (exact) mass is 385 g/mol. The fourth-order valence-corrected chi connectivity index (χ4v) is 3.32. The summed E-state index contributed by atoms with van der Waals surface area (Å²) in [4.78, 5) is 4.72. The smallest absolute Gasteiger partial charge is 0.257 e. The molecule has 0 aliphatic rings. The molecule has 4 aromatic rings. The second-order valence-corrected chi connectivity index (χ2v) is 6.55. The molecule has 4 heteroatoms. The highest BCUT2D eigenvalue weighted by Gasteiger charge is 2.16. The molecule has 0 radical (unpaired) electrons. The molecule has 0 unspecified atom stereocenters. The molecule has 0 aliphatic heterocycles. The highest BCUT2D eigenvalue weighted by Crippen LogP contribution is 2.39. The Morgan fingerprint density at radius 1 is 0.655 bits per heavy atom. The van der Waals surface area contributed by atoms with Crippen LogP contribution in [0.15, 0.2) is 84.9 Å². The van der Waals surface area contributed by atoms with Crippen LogP contribution in [0.2, 0.25) is 0 Å². The number of ether oxygens (including phenoxy) is 2. The quantitative estimate of drug-likeness (QED) is 0.407. The summed E-state index contributed by atoms with van der Waals surface area (Å²) in [5, 5.41) is 0. The molecule has 3 aromatic carbocycles. The van der Waals surface area contributed by atoms with E-state index in [0.717, 1.165) is 33.5 Å². The molecule has 0 saturated carbocycles. The lowest BCUT2D eigenvalue weighted by molar-refractivity contribution is 0.343. The Morgan fingerprint density at radius 2 is 1.34 bits per heavy atom. The molecule has 0 spiro atoms. The lowest BCUT2D eigenvalue weighted by Gasteiger charge is -2.15. The van der Waals surface area contributed by atoms with Crippen molar-refractivity contribution in [3.05, 3.63) is 90.7 Å². The van der Waals surface area contributed by atoms with E-state index in [1.165, 1.54) is 12.1 Å². The lowest BCUT2D eigenvalue weighted by Crippen LogP contribution is -1.98. The third-order valence-electron chi connectivity index (χ3n) is 4.77. The van der Waals surface area contributed by atoms with Crippen molar-refractivity contribution < 1.29 is 13.9 Å². The second kappa shape index (κ2) is 8.15. The molecular formula is C25H20FNO2. The van der Waals surface area contributed by atoms with Gasteiger partial charge in [0.2, 0.25) is 0 Å². The first kappa shape index (κ1) is 18.7. The lowest BCUT2D eigenvalue weighted by atomic mass is 9.96. The number of halogens is 1. The standard InChI is InChI=1S/C25H20FNO2/c1-28-23-16-22(18-11-13-21(26)14-12-18)24(27-25(23)29-2)20-10-6-9-19(15-20)17-7-4-3-5-8-17/h3-16H,1-2H3. The maximum Gasteiger partial charge on any atom is 0.257 e. The molecule has 0 N–H and O–H groups in total. The van der Waals surface area contributed by atoms with Gasteiger partial charge in [-0.05, 0) is 41.0 Å². The van der Waals surface area contributed by atoms with E-state index in [-0.39, 0.29) is 5.82 Å². The molecule has 0 amide bonds. The van der Waals surface area contributed by atoms with Crippen LogP contribution < -0.4 is 9.47 Å². The van der Waals surface area contributed by atoms with Crippen LogP contribution in [0.25, 0.3) is 33.5 Å². The molecule has 0 bridgehead atoms. The van der Waals surface area contributed by atoms with Crippen molar-refractivity contribution in [2.24, 2.45) is 0 Å². The number of pyridine rings is 1. The van der Waals surface area contributed by atoms with Gasteiger partial charge in [-0.3, -0.25) is 0 Å². The van der Waals surface area contributed by atoms with Crippen LogP contribution in [0.4, 0.5) is 4.39 Å². The summed E-state index contributed by atoms with van der Waals surface area (Å²) in [5.41, 5.74) is 5.58. The van der Waals surface area contributed by atoms with Gasteiger partial charge in [0.15, 0.2) is 5.75 Å². The number of rotatable bonds is 5. The summed E-state index contributed by atoms with van der Waals surface area (Å²) >= 11 is 0. The fourth-order valence-electron chi connectivity index (χ4n) is 3.32. The number of hydrogen-bond donors (Lipinski definition) is 0. The molecule has 0 fully saturated rings. The maximum absolute atomic E-state index is 13.5. The van der Waals surface area contributed by atoms with E-state index >= 15 is 0 Å². The minimum Gasteiger partial charge on any atom is -0.491 e. The third-order valence-corrected chi connectivity index (χ3v) is 4.77. The summed E-state index contributed by atoms with van der Waals surface area (Å²) < 4.78 is 24.3. The van der Waals surface area contributed by atoms with Gasteiger partial charge < -0.3 is 9.47 Å². The number of nitrogens with zero attached hydrogens (tertiary/aromatic N) is 1. The number of aromatic nitrogens is 1. The van der Waals surface area contributed by atoms with Gasteiger partial charge in [-0.25, -0.2) is 9.37 Å². The van der Waals surface area contributed by atoms with E-state index in [9.17, 15) is 4.39 Å². The zero-order chi connectivity index (χ0) is 20.2. The third kappa shape index (κ3) is 3.83. The Balaban J connectivity index is 1.91. The maximum atomic E-state index is 13.5. The summed E-state index contributed by atoms with van der Waals surface area (Å²) in [6.07, 6.45) is 0. The van der Waals surface area contributed by atoms with E-state index in [1.54, 1.807) is 26.4 Å². The molecule has 1 aromatic heterocycles. The van der Waals surface area contributed by atoms with E-state index in [2.05, 4.69) is 24.3 Å². The molecule has 29 heavy (non-hydrogen) atoms. The van der Waals surface area contributed by atoms with Gasteiger partial charge in [0, 0.05) is 11.1 Å². The van der Waals surface area contributed by atoms with Crippen LogP contribution in [-0.2, 0) is 0 Å². The zero-order valence-corrected chi connectivity index (χ0v) is 16.2. The Hall–Kier alpha value is -3.66. The van der Waals surface area contributed by atoms with E-state index in [4.69, 9.17) is 14.5 Å². The Kier molecular flexibility index (Phi) is 5.25. The Morgan fingerprint density at radius 3 is 2.03 bits per heavy atom. The van der Waals surface area contributed by atoms with Crippen molar-refractivity contribution >= 4 is 0 Å². The summed E-state index contributed by atoms with van der Waals surface area (Å²) in [7, 11) is 3.14. The first-order valence-corrected chi connectivity index (χ1v) is 9.24. The fraction of sp³-hybridized carbons (Fsp3) is 0.0800. The van der Waals surface area contributed by atoms with Crippen molar-refractivity contribution in [2.75, 3.05) is 14.2 Å². The van der Waals surface area contributed by atoms with E-state index in [0.29, 0.717) is 11.6 Å². The van der Waals surface area contributed by atoms with Gasteiger partial charge in [0.25, 0.3) is 5.88 Å². The van der Waals surface area contributed by atoms with Gasteiger partial charge in [-0.2, -0.15) is 0 Å². The van der Waals surface area contributed by atoms with Gasteiger partial charge in [0.05, 0.1) is 19.9 Å². The van der Waals surface area contributed by atoms with Gasteiger partial charge in [-0.15, -0.1) is 0 Å². The normalized spacial score (nSPS) is 10.6. The first-order chi connectivity index (χ1) is 14.2. The Labute approximate surface area is 169 Å². The highest BCUT2D eigenvalue weighted by molar-refractivity contribution is 5.84. The average Bonchev–Trinajstić information content (AvgIpc) is 2.79. The minimum atomic E-state index is -0.283. The van der Waals surface area contributed by atoms with Crippen LogP contribution in [-0.4, -0.2) is 19.2 Å². The summed E-state index contributed by atoms with van der Waals surface area (Å²) in [5.74, 6) is 0.642. The highest BCUT2D eigenvalue weighted by atomic mass is 19.1. The van der Waals surface area contributed by atoms with Gasteiger partial charge in [0.1, 0.15) is 5.82 Å². The first-order valence-electron chi connectivity index (χ1n) is 9.24. The van der Waals surface area contributed by atoms with Gasteiger partial charge in [-0.1, -0.05) is 60.7 Å². The molecule has 0 atom stereocenters.